The molecule has 1 fully saturated rings. The van der Waals surface area contributed by atoms with Gasteiger partial charge in [-0.1, -0.05) is 0 Å². The third-order valence-electron chi connectivity index (χ3n) is 2.67. The Balaban J connectivity index is 2.33. The highest BCUT2D eigenvalue weighted by Gasteiger charge is 2.26. The van der Waals surface area contributed by atoms with Gasteiger partial charge in [0.1, 0.15) is 12.3 Å². The van der Waals surface area contributed by atoms with E-state index < -0.39 is 18.4 Å². The molecule has 1 aliphatic heterocycles. The Morgan fingerprint density at radius 1 is 1.33 bits per heavy atom. The molecule has 0 radical (unpaired) electrons. The van der Waals surface area contributed by atoms with Gasteiger partial charge in [-0.05, 0) is 20.8 Å². The number of alkyl halides is 1. The summed E-state index contributed by atoms with van der Waals surface area (Å²) in [6.07, 6.45) is -1.24. The van der Waals surface area contributed by atoms with Crippen molar-refractivity contribution in [2.24, 2.45) is 0 Å². The molecule has 1 saturated heterocycles. The van der Waals surface area contributed by atoms with Gasteiger partial charge in [-0.3, -0.25) is 4.90 Å². The minimum Gasteiger partial charge on any atom is -0.444 e. The normalized spacial score (nSPS) is 19.7. The Kier molecular flexibility index (Phi) is 5.34. The molecule has 1 atom stereocenters. The lowest BCUT2D eigenvalue weighted by Gasteiger charge is -2.36. The van der Waals surface area contributed by atoms with E-state index in [2.05, 4.69) is 0 Å². The third-order valence-corrected chi connectivity index (χ3v) is 2.67. The van der Waals surface area contributed by atoms with Gasteiger partial charge in [-0.15, -0.1) is 0 Å². The van der Waals surface area contributed by atoms with Crippen LogP contribution in [-0.4, -0.2) is 72.1 Å². The molecule has 0 aromatic rings. The van der Waals surface area contributed by atoms with Crippen LogP contribution in [-0.2, 0) is 4.74 Å². The summed E-state index contributed by atoms with van der Waals surface area (Å²) in [6.45, 7) is 7.45. The first-order valence-corrected chi connectivity index (χ1v) is 6.26. The number of aliphatic hydroxyl groups excluding tert-OH is 1. The highest BCUT2D eigenvalue weighted by molar-refractivity contribution is 5.68. The quantitative estimate of drug-likeness (QED) is 0.820. The van der Waals surface area contributed by atoms with Crippen LogP contribution < -0.4 is 0 Å². The summed E-state index contributed by atoms with van der Waals surface area (Å²) in [5.41, 5.74) is -0.487. The fourth-order valence-corrected chi connectivity index (χ4v) is 1.79. The SMILES string of the molecule is CC(C)(C)OC(=O)N1CCN(CC(O)CF)CC1. The molecule has 0 spiro atoms. The Hall–Kier alpha value is -0.880. The van der Waals surface area contributed by atoms with Crippen LogP contribution in [0, 0.1) is 0 Å². The number of nitrogens with zero attached hydrogens (tertiary/aromatic N) is 2. The molecule has 0 aromatic carbocycles. The number of rotatable bonds is 3. The number of hydrogen-bond acceptors (Lipinski definition) is 4. The van der Waals surface area contributed by atoms with E-state index in [1.165, 1.54) is 0 Å². The van der Waals surface area contributed by atoms with E-state index in [1.807, 2.05) is 25.7 Å². The molecule has 0 bridgehead atoms. The molecule has 1 aliphatic rings. The number of piperazine rings is 1. The highest BCUT2D eigenvalue weighted by Crippen LogP contribution is 2.12. The molecule has 5 nitrogen and oxygen atoms in total. The first-order chi connectivity index (χ1) is 8.31. The van der Waals surface area contributed by atoms with Gasteiger partial charge in [0, 0.05) is 32.7 Å². The lowest BCUT2D eigenvalue weighted by molar-refractivity contribution is 0.00889. The average molecular weight is 262 g/mol. The van der Waals surface area contributed by atoms with Crippen LogP contribution in [0.5, 0.6) is 0 Å². The Labute approximate surface area is 108 Å². The first kappa shape index (κ1) is 15.2. The third kappa shape index (κ3) is 5.18. The molecule has 1 amide bonds. The molecule has 18 heavy (non-hydrogen) atoms. The Morgan fingerprint density at radius 2 is 1.89 bits per heavy atom. The monoisotopic (exact) mass is 262 g/mol. The summed E-state index contributed by atoms with van der Waals surface area (Å²) in [7, 11) is 0. The van der Waals surface area contributed by atoms with Crippen molar-refractivity contribution in [2.75, 3.05) is 39.4 Å². The molecular weight excluding hydrogens is 239 g/mol. The summed E-state index contributed by atoms with van der Waals surface area (Å²) >= 11 is 0. The summed E-state index contributed by atoms with van der Waals surface area (Å²) in [5, 5.41) is 9.22. The Bertz CT molecular complexity index is 273. The van der Waals surface area contributed by atoms with Gasteiger partial charge in [0.15, 0.2) is 0 Å². The van der Waals surface area contributed by atoms with Crippen molar-refractivity contribution in [3.63, 3.8) is 0 Å². The number of carbonyl (C=O) groups is 1. The van der Waals surface area contributed by atoms with Gasteiger partial charge in [0.25, 0.3) is 0 Å². The van der Waals surface area contributed by atoms with E-state index in [0.29, 0.717) is 32.7 Å². The molecular formula is C12H23FN2O3. The van der Waals surface area contributed by atoms with E-state index in [0.717, 1.165) is 0 Å². The van der Waals surface area contributed by atoms with Crippen molar-refractivity contribution < 1.29 is 19.0 Å². The topological polar surface area (TPSA) is 53.0 Å². The van der Waals surface area contributed by atoms with E-state index in [1.54, 1.807) is 4.90 Å². The average Bonchev–Trinajstić information content (AvgIpc) is 2.27. The summed E-state index contributed by atoms with van der Waals surface area (Å²) < 4.78 is 17.4. The van der Waals surface area contributed by atoms with Gasteiger partial charge in [-0.25, -0.2) is 9.18 Å². The Morgan fingerprint density at radius 3 is 2.33 bits per heavy atom. The standard InChI is InChI=1S/C12H23FN2O3/c1-12(2,3)18-11(17)15-6-4-14(5-7-15)9-10(16)8-13/h10,16H,4-9H2,1-3H3. The fraction of sp³-hybridized carbons (Fsp3) is 0.917. The summed E-state index contributed by atoms with van der Waals surface area (Å²) in [6, 6.07) is 0. The molecule has 6 heteroatoms. The van der Waals surface area contributed by atoms with Crippen LogP contribution in [0.25, 0.3) is 0 Å². The lowest BCUT2D eigenvalue weighted by Crippen LogP contribution is -2.51. The molecule has 106 valence electrons. The zero-order valence-corrected chi connectivity index (χ0v) is 11.4. The fourth-order valence-electron chi connectivity index (χ4n) is 1.79. The van der Waals surface area contributed by atoms with Crippen LogP contribution in [0.2, 0.25) is 0 Å². The highest BCUT2D eigenvalue weighted by atomic mass is 19.1. The van der Waals surface area contributed by atoms with Crippen molar-refractivity contribution in [3.05, 3.63) is 0 Å². The number of halogens is 1. The van der Waals surface area contributed by atoms with Gasteiger partial charge in [0.2, 0.25) is 0 Å². The van der Waals surface area contributed by atoms with Gasteiger partial charge < -0.3 is 14.7 Å². The smallest absolute Gasteiger partial charge is 0.410 e. The maximum Gasteiger partial charge on any atom is 0.410 e. The van der Waals surface area contributed by atoms with E-state index >= 15 is 0 Å². The van der Waals surface area contributed by atoms with E-state index in [-0.39, 0.29) is 6.09 Å². The van der Waals surface area contributed by atoms with E-state index in [9.17, 15) is 14.3 Å². The molecule has 0 aliphatic carbocycles. The number of hydrogen-bond donors (Lipinski definition) is 1. The van der Waals surface area contributed by atoms with Gasteiger partial charge >= 0.3 is 6.09 Å². The van der Waals surface area contributed by atoms with Crippen molar-refractivity contribution in [1.82, 2.24) is 9.80 Å². The minimum atomic E-state index is -0.932. The van der Waals surface area contributed by atoms with Crippen LogP contribution >= 0.6 is 0 Å². The predicted octanol–water partition coefficient (Wildman–Crippen LogP) is 0.869. The number of aliphatic hydroxyl groups is 1. The van der Waals surface area contributed by atoms with Crippen molar-refractivity contribution in [1.29, 1.82) is 0 Å². The number of carbonyl (C=O) groups excluding carboxylic acids is 1. The van der Waals surface area contributed by atoms with E-state index in [4.69, 9.17) is 4.74 Å². The van der Waals surface area contributed by atoms with Crippen molar-refractivity contribution in [3.8, 4) is 0 Å². The summed E-state index contributed by atoms with van der Waals surface area (Å²) in [5.74, 6) is 0. The number of ether oxygens (including phenoxy) is 1. The van der Waals surface area contributed by atoms with Crippen LogP contribution in [0.4, 0.5) is 9.18 Å². The zero-order valence-electron chi connectivity index (χ0n) is 11.4. The predicted molar refractivity (Wildman–Crippen MR) is 66.2 cm³/mol. The molecule has 1 unspecified atom stereocenters. The number of β-amino-alcohol motifs (C(OH)–C–C–N with tert-alkyl or cyclic N) is 1. The van der Waals surface area contributed by atoms with Crippen molar-refractivity contribution in [2.45, 2.75) is 32.5 Å². The van der Waals surface area contributed by atoms with Crippen molar-refractivity contribution >= 4 is 6.09 Å². The second-order valence-corrected chi connectivity index (χ2v) is 5.58. The lowest BCUT2D eigenvalue weighted by atomic mass is 10.2. The maximum absolute atomic E-state index is 12.2. The number of amides is 1. The molecule has 1 heterocycles. The maximum atomic E-state index is 12.2. The van der Waals surface area contributed by atoms with Crippen LogP contribution in [0.1, 0.15) is 20.8 Å². The molecule has 1 rings (SSSR count). The second-order valence-electron chi connectivity index (χ2n) is 5.58. The zero-order chi connectivity index (χ0) is 13.8. The molecule has 0 aromatic heterocycles. The van der Waals surface area contributed by atoms with Crippen LogP contribution in [0.3, 0.4) is 0 Å². The molecule has 0 saturated carbocycles. The van der Waals surface area contributed by atoms with Gasteiger partial charge in [-0.2, -0.15) is 0 Å². The summed E-state index contributed by atoms with van der Waals surface area (Å²) in [4.78, 5) is 15.4. The first-order valence-electron chi connectivity index (χ1n) is 6.26. The molecule has 1 N–H and O–H groups in total. The van der Waals surface area contributed by atoms with Gasteiger partial charge in [0.05, 0.1) is 6.10 Å². The minimum absolute atomic E-state index is 0.312. The largest absolute Gasteiger partial charge is 0.444 e. The second kappa shape index (κ2) is 6.33. The van der Waals surface area contributed by atoms with Crippen LogP contribution in [0.15, 0.2) is 0 Å².